The lowest BCUT2D eigenvalue weighted by Gasteiger charge is -2.06. The summed E-state index contributed by atoms with van der Waals surface area (Å²) in [6.07, 6.45) is 0. The van der Waals surface area contributed by atoms with Gasteiger partial charge in [0.05, 0.1) is 0 Å². The van der Waals surface area contributed by atoms with E-state index < -0.39 is 0 Å². The van der Waals surface area contributed by atoms with Crippen LogP contribution in [0.3, 0.4) is 0 Å². The fourth-order valence-corrected chi connectivity index (χ4v) is 1.32. The van der Waals surface area contributed by atoms with Gasteiger partial charge < -0.3 is 5.32 Å². The number of anilines is 1. The maximum atomic E-state index is 3.74. The number of hydrogen-bond donors (Lipinski definition) is 1. The van der Waals surface area contributed by atoms with E-state index in [1.165, 1.54) is 5.56 Å². The van der Waals surface area contributed by atoms with Crippen molar-refractivity contribution in [2.45, 2.75) is 6.92 Å². The van der Waals surface area contributed by atoms with Crippen LogP contribution in [0.15, 0.2) is 34.7 Å². The molecule has 1 aromatic carbocycles. The van der Waals surface area contributed by atoms with Crippen LogP contribution in [0.5, 0.6) is 0 Å². The Bertz CT molecular complexity index is 309. The largest absolute Gasteiger partial charge is 0.356 e. The van der Waals surface area contributed by atoms with Gasteiger partial charge >= 0.3 is 0 Å². The van der Waals surface area contributed by atoms with E-state index in [1.807, 2.05) is 12.1 Å². The van der Waals surface area contributed by atoms with Crippen molar-refractivity contribution in [2.75, 3.05) is 5.32 Å². The van der Waals surface area contributed by atoms with Gasteiger partial charge in [0.15, 0.2) is 0 Å². The van der Waals surface area contributed by atoms with Gasteiger partial charge in [0.1, 0.15) is 0 Å². The molecular weight excluding hydrogens is 233 g/mol. The first-order valence-corrected chi connectivity index (χ1v) is 4.94. The molecule has 0 spiro atoms. The van der Waals surface area contributed by atoms with Crippen LogP contribution >= 0.6 is 25.2 Å². The van der Waals surface area contributed by atoms with E-state index in [0.29, 0.717) is 0 Å². The van der Waals surface area contributed by atoms with Gasteiger partial charge in [-0.1, -0.05) is 31.7 Å². The molecular formula is C9H11BrNP. The molecule has 0 saturated heterocycles. The summed E-state index contributed by atoms with van der Waals surface area (Å²) in [4.78, 5) is 0. The molecule has 0 aromatic heterocycles. The Labute approximate surface area is 83.6 Å². The van der Waals surface area contributed by atoms with E-state index >= 15 is 0 Å². The van der Waals surface area contributed by atoms with Crippen molar-refractivity contribution >= 4 is 30.9 Å². The molecule has 1 unspecified atom stereocenters. The summed E-state index contributed by atoms with van der Waals surface area (Å²) < 4.78 is 1.13. The van der Waals surface area contributed by atoms with E-state index in [1.54, 1.807) is 0 Å². The topological polar surface area (TPSA) is 12.0 Å². The van der Waals surface area contributed by atoms with Crippen LogP contribution in [0.25, 0.3) is 0 Å². The fourth-order valence-electron chi connectivity index (χ4n) is 0.908. The molecule has 0 aliphatic rings. The number of benzene rings is 1. The van der Waals surface area contributed by atoms with Crippen molar-refractivity contribution < 1.29 is 0 Å². The lowest BCUT2D eigenvalue weighted by atomic mass is 10.2. The maximum Gasteiger partial charge on any atom is 0.0387 e. The number of rotatable bonds is 2. The van der Waals surface area contributed by atoms with Crippen LogP contribution < -0.4 is 5.32 Å². The van der Waals surface area contributed by atoms with Gasteiger partial charge in [-0.25, -0.2) is 0 Å². The summed E-state index contributed by atoms with van der Waals surface area (Å²) in [6, 6.07) is 6.09. The summed E-state index contributed by atoms with van der Waals surface area (Å²) in [5.74, 6) is 0. The molecule has 1 aromatic rings. The average Bonchev–Trinajstić information content (AvgIpc) is 1.96. The Hall–Kier alpha value is -0.330. The summed E-state index contributed by atoms with van der Waals surface area (Å²) in [7, 11) is 2.52. The molecule has 12 heavy (non-hydrogen) atoms. The van der Waals surface area contributed by atoms with Gasteiger partial charge in [-0.3, -0.25) is 0 Å². The molecule has 1 atom stereocenters. The van der Waals surface area contributed by atoms with Crippen LogP contribution in [0.2, 0.25) is 0 Å². The minimum absolute atomic E-state index is 0.872. The number of aryl methyl sites for hydroxylation is 1. The first-order valence-electron chi connectivity index (χ1n) is 3.57. The standard InChI is InChI=1S/C9H11BrNP/c1-6-5-8(11-7(2)12)3-4-9(6)10/h3-5,11H,2,12H2,1H3. The van der Waals surface area contributed by atoms with Gasteiger partial charge in [0.2, 0.25) is 0 Å². The molecule has 0 fully saturated rings. The normalized spacial score (nSPS) is 9.58. The van der Waals surface area contributed by atoms with E-state index in [2.05, 4.69) is 50.1 Å². The summed E-state index contributed by atoms with van der Waals surface area (Å²) in [5.41, 5.74) is 3.15. The molecule has 1 nitrogen and oxygen atoms in total. The van der Waals surface area contributed by atoms with Crippen LogP contribution in [-0.4, -0.2) is 0 Å². The van der Waals surface area contributed by atoms with Gasteiger partial charge in [0, 0.05) is 15.6 Å². The van der Waals surface area contributed by atoms with E-state index in [4.69, 9.17) is 0 Å². The summed E-state index contributed by atoms with van der Waals surface area (Å²) in [5, 5.41) is 3.12. The molecule has 64 valence electrons. The first kappa shape index (κ1) is 9.76. The zero-order valence-corrected chi connectivity index (χ0v) is 9.64. The molecule has 1 N–H and O–H groups in total. The van der Waals surface area contributed by atoms with Gasteiger partial charge in [-0.05, 0) is 30.7 Å². The first-order chi connectivity index (χ1) is 5.59. The number of nitrogens with one attached hydrogen (secondary N) is 1. The molecule has 0 radical (unpaired) electrons. The zero-order chi connectivity index (χ0) is 9.14. The Kier molecular flexibility index (Phi) is 3.30. The highest BCUT2D eigenvalue weighted by atomic mass is 79.9. The predicted molar refractivity (Wildman–Crippen MR) is 61.4 cm³/mol. The Morgan fingerprint density at radius 1 is 1.58 bits per heavy atom. The highest BCUT2D eigenvalue weighted by Crippen LogP contribution is 2.21. The third-order valence-corrected chi connectivity index (χ3v) is 2.50. The minimum Gasteiger partial charge on any atom is -0.356 e. The monoisotopic (exact) mass is 243 g/mol. The van der Waals surface area contributed by atoms with Crippen molar-refractivity contribution in [2.24, 2.45) is 0 Å². The highest BCUT2D eigenvalue weighted by molar-refractivity contribution is 9.10. The number of hydrogen-bond acceptors (Lipinski definition) is 1. The second-order valence-corrected chi connectivity index (χ2v) is 4.17. The molecule has 1 rings (SSSR count). The zero-order valence-electron chi connectivity index (χ0n) is 6.89. The Balaban J connectivity index is 2.89. The second-order valence-electron chi connectivity index (χ2n) is 2.61. The van der Waals surface area contributed by atoms with Crippen molar-refractivity contribution in [3.63, 3.8) is 0 Å². The van der Waals surface area contributed by atoms with Gasteiger partial charge in [0.25, 0.3) is 0 Å². The molecule has 0 heterocycles. The van der Waals surface area contributed by atoms with Crippen molar-refractivity contribution in [1.82, 2.24) is 0 Å². The van der Waals surface area contributed by atoms with Crippen molar-refractivity contribution in [1.29, 1.82) is 0 Å². The molecule has 0 saturated carbocycles. The summed E-state index contributed by atoms with van der Waals surface area (Å²) >= 11 is 3.44. The second kappa shape index (κ2) is 4.06. The average molecular weight is 244 g/mol. The van der Waals surface area contributed by atoms with Crippen LogP contribution in [0, 0.1) is 6.92 Å². The highest BCUT2D eigenvalue weighted by Gasteiger charge is 1.95. The van der Waals surface area contributed by atoms with E-state index in [9.17, 15) is 0 Å². The lowest BCUT2D eigenvalue weighted by molar-refractivity contribution is 1.41. The smallest absolute Gasteiger partial charge is 0.0387 e. The van der Waals surface area contributed by atoms with E-state index in [0.717, 1.165) is 15.6 Å². The van der Waals surface area contributed by atoms with Crippen LogP contribution in [0.4, 0.5) is 5.69 Å². The molecule has 0 bridgehead atoms. The Morgan fingerprint density at radius 3 is 2.75 bits per heavy atom. The van der Waals surface area contributed by atoms with E-state index in [-0.39, 0.29) is 0 Å². The predicted octanol–water partition coefficient (Wildman–Crippen LogP) is 3.52. The minimum atomic E-state index is 0.872. The quantitative estimate of drug-likeness (QED) is 0.785. The lowest BCUT2D eigenvalue weighted by Crippen LogP contribution is -1.91. The number of halogens is 1. The van der Waals surface area contributed by atoms with Gasteiger partial charge in [-0.15, -0.1) is 0 Å². The van der Waals surface area contributed by atoms with Crippen LogP contribution in [-0.2, 0) is 0 Å². The third kappa shape index (κ3) is 2.62. The molecule has 0 aliphatic carbocycles. The van der Waals surface area contributed by atoms with Gasteiger partial charge in [-0.2, -0.15) is 0 Å². The maximum absolute atomic E-state index is 3.74. The van der Waals surface area contributed by atoms with Crippen molar-refractivity contribution in [3.8, 4) is 0 Å². The molecule has 0 aliphatic heterocycles. The molecule has 3 heteroatoms. The van der Waals surface area contributed by atoms with Crippen LogP contribution in [0.1, 0.15) is 5.56 Å². The SMILES string of the molecule is C=C(P)Nc1ccc(Br)c(C)c1. The fraction of sp³-hybridized carbons (Fsp3) is 0.111. The van der Waals surface area contributed by atoms with Crippen molar-refractivity contribution in [3.05, 3.63) is 40.3 Å². The molecule has 0 amide bonds. The third-order valence-electron chi connectivity index (χ3n) is 1.46. The summed E-state index contributed by atoms with van der Waals surface area (Å²) in [6.45, 7) is 5.80. The Morgan fingerprint density at radius 2 is 2.25 bits per heavy atom.